The van der Waals surface area contributed by atoms with Crippen LogP contribution < -0.4 is 10.1 Å². The van der Waals surface area contributed by atoms with Gasteiger partial charge in [0.05, 0.1) is 7.11 Å². The first-order valence-corrected chi connectivity index (χ1v) is 7.44. The largest absolute Gasteiger partial charge is 0.504 e. The maximum Gasteiger partial charge on any atom is 0.244 e. The van der Waals surface area contributed by atoms with Gasteiger partial charge in [-0.1, -0.05) is 13.0 Å². The summed E-state index contributed by atoms with van der Waals surface area (Å²) < 4.78 is 5.04. The van der Waals surface area contributed by atoms with Crippen molar-refractivity contribution in [3.8, 4) is 11.5 Å². The number of hydrogen-bond acceptors (Lipinski definition) is 3. The molecule has 1 aromatic rings. The Labute approximate surface area is 125 Å². The molecule has 0 heterocycles. The Morgan fingerprint density at radius 1 is 1.33 bits per heavy atom. The van der Waals surface area contributed by atoms with Crippen LogP contribution in [0, 0.1) is 5.92 Å². The zero-order valence-corrected chi connectivity index (χ0v) is 12.6. The molecule has 0 aliphatic heterocycles. The highest BCUT2D eigenvalue weighted by Gasteiger charge is 2.18. The zero-order chi connectivity index (χ0) is 15.2. The van der Waals surface area contributed by atoms with Crippen molar-refractivity contribution in [3.63, 3.8) is 0 Å². The third kappa shape index (κ3) is 4.52. The number of phenols is 1. The highest BCUT2D eigenvalue weighted by molar-refractivity contribution is 5.92. The minimum atomic E-state index is -0.0680. The number of methoxy groups -OCH3 is 1. The van der Waals surface area contributed by atoms with Crippen molar-refractivity contribution >= 4 is 12.0 Å². The van der Waals surface area contributed by atoms with Crippen molar-refractivity contribution < 1.29 is 14.6 Å². The summed E-state index contributed by atoms with van der Waals surface area (Å²) >= 11 is 0. The lowest BCUT2D eigenvalue weighted by Gasteiger charge is -2.26. The molecule has 4 heteroatoms. The third-order valence-electron chi connectivity index (χ3n) is 3.99. The zero-order valence-electron chi connectivity index (χ0n) is 12.6. The molecule has 0 radical (unpaired) electrons. The number of nitrogens with one attached hydrogen (secondary N) is 1. The van der Waals surface area contributed by atoms with Crippen LogP contribution in [0.15, 0.2) is 24.3 Å². The predicted molar refractivity (Wildman–Crippen MR) is 83.3 cm³/mol. The minimum absolute atomic E-state index is 0.0680. The molecule has 1 saturated carbocycles. The van der Waals surface area contributed by atoms with Gasteiger partial charge in [-0.3, -0.25) is 4.79 Å². The molecule has 114 valence electrons. The molecule has 4 nitrogen and oxygen atoms in total. The van der Waals surface area contributed by atoms with Crippen LogP contribution in [0.4, 0.5) is 0 Å². The molecular formula is C17H23NO3. The monoisotopic (exact) mass is 289 g/mol. The van der Waals surface area contributed by atoms with Crippen LogP contribution in [0.5, 0.6) is 11.5 Å². The second kappa shape index (κ2) is 7.16. The molecular weight excluding hydrogens is 266 g/mol. The number of carbonyl (C=O) groups excluding carboxylic acids is 1. The van der Waals surface area contributed by atoms with Crippen LogP contribution in [-0.4, -0.2) is 24.2 Å². The van der Waals surface area contributed by atoms with Gasteiger partial charge in [-0.2, -0.15) is 0 Å². The summed E-state index contributed by atoms with van der Waals surface area (Å²) in [5.41, 5.74) is 0.817. The smallest absolute Gasteiger partial charge is 0.244 e. The van der Waals surface area contributed by atoms with Crippen molar-refractivity contribution in [2.45, 2.75) is 38.6 Å². The molecule has 0 unspecified atom stereocenters. The van der Waals surface area contributed by atoms with E-state index in [0.717, 1.165) is 24.3 Å². The fraction of sp³-hybridized carbons (Fsp3) is 0.471. The Hall–Kier alpha value is -1.97. The number of hydrogen-bond donors (Lipinski definition) is 2. The van der Waals surface area contributed by atoms with Crippen LogP contribution in [0.3, 0.4) is 0 Å². The van der Waals surface area contributed by atoms with Crippen molar-refractivity contribution in [3.05, 3.63) is 29.8 Å². The first kappa shape index (κ1) is 15.4. The maximum absolute atomic E-state index is 11.9. The summed E-state index contributed by atoms with van der Waals surface area (Å²) in [6.07, 6.45) is 7.75. The number of carbonyl (C=O) groups is 1. The quantitative estimate of drug-likeness (QED) is 0.837. The molecule has 1 aromatic carbocycles. The first-order valence-electron chi connectivity index (χ1n) is 7.44. The highest BCUT2D eigenvalue weighted by Crippen LogP contribution is 2.27. The molecule has 1 aliphatic rings. The summed E-state index contributed by atoms with van der Waals surface area (Å²) in [6.45, 7) is 2.26. The van der Waals surface area contributed by atoms with Gasteiger partial charge in [0, 0.05) is 12.1 Å². The Bertz CT molecular complexity index is 517. The number of amides is 1. The molecule has 0 atom stereocenters. The number of benzene rings is 1. The van der Waals surface area contributed by atoms with E-state index in [1.165, 1.54) is 26.0 Å². The number of phenolic OH excluding ortho intramolecular Hbond substituents is 1. The second-order valence-electron chi connectivity index (χ2n) is 5.73. The lowest BCUT2D eigenvalue weighted by atomic mass is 9.87. The summed E-state index contributed by atoms with van der Waals surface area (Å²) in [5, 5.41) is 12.6. The van der Waals surface area contributed by atoms with Crippen LogP contribution in [0.1, 0.15) is 38.2 Å². The summed E-state index contributed by atoms with van der Waals surface area (Å²) in [5.74, 6) is 1.20. The van der Waals surface area contributed by atoms with E-state index in [-0.39, 0.29) is 11.7 Å². The summed E-state index contributed by atoms with van der Waals surface area (Å²) in [4.78, 5) is 11.9. The average Bonchev–Trinajstić information content (AvgIpc) is 2.49. The molecule has 2 N–H and O–H groups in total. The van der Waals surface area contributed by atoms with E-state index in [1.807, 2.05) is 0 Å². The minimum Gasteiger partial charge on any atom is -0.504 e. The van der Waals surface area contributed by atoms with E-state index in [2.05, 4.69) is 12.2 Å². The van der Waals surface area contributed by atoms with Gasteiger partial charge in [-0.05, 0) is 55.4 Å². The third-order valence-corrected chi connectivity index (χ3v) is 3.99. The lowest BCUT2D eigenvalue weighted by Crippen LogP contribution is -2.36. The molecule has 1 aliphatic carbocycles. The van der Waals surface area contributed by atoms with Gasteiger partial charge >= 0.3 is 0 Å². The second-order valence-corrected chi connectivity index (χ2v) is 5.73. The van der Waals surface area contributed by atoms with Crippen molar-refractivity contribution in [2.75, 3.05) is 7.11 Å². The van der Waals surface area contributed by atoms with Crippen molar-refractivity contribution in [1.29, 1.82) is 0 Å². The Kier molecular flexibility index (Phi) is 5.26. The van der Waals surface area contributed by atoms with Crippen LogP contribution in [-0.2, 0) is 4.79 Å². The number of ether oxygens (including phenoxy) is 1. The van der Waals surface area contributed by atoms with Crippen LogP contribution in [0.25, 0.3) is 6.08 Å². The number of aromatic hydroxyl groups is 1. The molecule has 0 saturated heterocycles. The molecule has 2 rings (SSSR count). The fourth-order valence-electron chi connectivity index (χ4n) is 2.62. The average molecular weight is 289 g/mol. The molecule has 0 bridgehead atoms. The Morgan fingerprint density at radius 3 is 2.71 bits per heavy atom. The molecule has 1 amide bonds. The van der Waals surface area contributed by atoms with Crippen molar-refractivity contribution in [1.82, 2.24) is 5.32 Å². The summed E-state index contributed by atoms with van der Waals surface area (Å²) in [7, 11) is 1.50. The van der Waals surface area contributed by atoms with E-state index < -0.39 is 0 Å². The van der Waals surface area contributed by atoms with Gasteiger partial charge in [0.15, 0.2) is 11.5 Å². The van der Waals surface area contributed by atoms with Gasteiger partial charge in [-0.25, -0.2) is 0 Å². The molecule has 0 aromatic heterocycles. The van der Waals surface area contributed by atoms with Gasteiger partial charge in [0.1, 0.15) is 0 Å². The van der Waals surface area contributed by atoms with Crippen molar-refractivity contribution in [2.24, 2.45) is 5.92 Å². The van der Waals surface area contributed by atoms with Gasteiger partial charge < -0.3 is 15.2 Å². The normalized spacial score (nSPS) is 22.2. The first-order chi connectivity index (χ1) is 10.1. The van der Waals surface area contributed by atoms with E-state index >= 15 is 0 Å². The van der Waals surface area contributed by atoms with Gasteiger partial charge in [0.2, 0.25) is 5.91 Å². The highest BCUT2D eigenvalue weighted by atomic mass is 16.5. The van der Waals surface area contributed by atoms with Gasteiger partial charge in [0.25, 0.3) is 0 Å². The van der Waals surface area contributed by atoms with E-state index in [0.29, 0.717) is 11.8 Å². The van der Waals surface area contributed by atoms with E-state index in [9.17, 15) is 9.90 Å². The molecule has 21 heavy (non-hydrogen) atoms. The van der Waals surface area contributed by atoms with E-state index in [4.69, 9.17) is 4.74 Å². The molecule has 0 spiro atoms. The predicted octanol–water partition coefficient (Wildman–Crippen LogP) is 3.11. The SMILES string of the molecule is COc1cc(C=CC(=O)N[C@H]2CC[C@H](C)CC2)ccc1O. The Morgan fingerprint density at radius 2 is 2.05 bits per heavy atom. The van der Waals surface area contributed by atoms with E-state index in [1.54, 1.807) is 24.3 Å². The van der Waals surface area contributed by atoms with Gasteiger partial charge in [-0.15, -0.1) is 0 Å². The standard InChI is InChI=1S/C17H23NO3/c1-12-3-7-14(8-4-12)18-17(20)10-6-13-5-9-15(19)16(11-13)21-2/h5-6,9-12,14,19H,3-4,7-8H2,1-2H3,(H,18,20)/t12-,14-. The maximum atomic E-state index is 11.9. The molecule has 1 fully saturated rings. The van der Waals surface area contributed by atoms with Crippen LogP contribution in [0.2, 0.25) is 0 Å². The lowest BCUT2D eigenvalue weighted by molar-refractivity contribution is -0.117. The van der Waals surface area contributed by atoms with Crippen LogP contribution >= 0.6 is 0 Å². The summed E-state index contributed by atoms with van der Waals surface area (Å²) in [6, 6.07) is 5.29. The number of rotatable bonds is 4. The fourth-order valence-corrected chi connectivity index (χ4v) is 2.62. The Balaban J connectivity index is 1.90. The topological polar surface area (TPSA) is 58.6 Å².